The van der Waals surface area contributed by atoms with Crippen LogP contribution in [-0.4, -0.2) is 45.0 Å². The second-order valence-corrected chi connectivity index (χ2v) is 11.4. The number of benzene rings is 1. The van der Waals surface area contributed by atoms with Crippen LogP contribution in [0, 0.1) is 0 Å². The quantitative estimate of drug-likeness (QED) is 0.341. The van der Waals surface area contributed by atoms with Crippen molar-refractivity contribution in [1.29, 1.82) is 0 Å². The topological polar surface area (TPSA) is 101 Å². The van der Waals surface area contributed by atoms with Crippen molar-refractivity contribution in [1.82, 2.24) is 14.6 Å². The fourth-order valence-corrected chi connectivity index (χ4v) is 4.35. The number of hydrogen-bond donors (Lipinski definition) is 1. The Morgan fingerprint density at radius 1 is 1.20 bits per heavy atom. The third kappa shape index (κ3) is 7.02. The van der Waals surface area contributed by atoms with Gasteiger partial charge in [0.1, 0.15) is 11.4 Å². The maximum Gasteiger partial charge on any atom is 0.416 e. The second kappa shape index (κ2) is 11.9. The second-order valence-electron chi connectivity index (χ2n) is 11.4. The van der Waals surface area contributed by atoms with Gasteiger partial charge in [-0.3, -0.25) is 14.7 Å². The number of hydrogen-bond acceptors (Lipinski definition) is 6. The van der Waals surface area contributed by atoms with Crippen molar-refractivity contribution < 1.29 is 14.3 Å². The number of dihydropyridines is 1. The summed E-state index contributed by atoms with van der Waals surface area (Å²) in [5.41, 5.74) is 5.14. The van der Waals surface area contributed by atoms with Crippen molar-refractivity contribution in [2.24, 2.45) is 4.99 Å². The highest BCUT2D eigenvalue weighted by Gasteiger charge is 2.28. The van der Waals surface area contributed by atoms with E-state index in [0.717, 1.165) is 28.0 Å². The molecule has 0 bridgehead atoms. The van der Waals surface area contributed by atoms with E-state index in [9.17, 15) is 9.59 Å². The molecule has 0 radical (unpaired) electrons. The Balaban J connectivity index is 1.82. The largest absolute Gasteiger partial charge is 0.443 e. The number of amides is 2. The van der Waals surface area contributed by atoms with Gasteiger partial charge in [0, 0.05) is 36.0 Å². The molecule has 3 heterocycles. The van der Waals surface area contributed by atoms with Crippen molar-refractivity contribution in [3.63, 3.8) is 0 Å². The molecule has 0 saturated carbocycles. The molecular formula is C31H38N6O3. The molecule has 0 aliphatic carbocycles. The number of fused-ring (bicyclic) bond motifs is 1. The lowest BCUT2D eigenvalue weighted by atomic mass is 10.1. The third-order valence-corrected chi connectivity index (χ3v) is 6.16. The van der Waals surface area contributed by atoms with Crippen molar-refractivity contribution in [2.75, 3.05) is 16.8 Å². The molecule has 1 aliphatic heterocycles. The van der Waals surface area contributed by atoms with Crippen LogP contribution in [-0.2, 0) is 16.1 Å². The molecule has 40 heavy (non-hydrogen) atoms. The maximum atomic E-state index is 13.7. The summed E-state index contributed by atoms with van der Waals surface area (Å²) < 4.78 is 7.57. The van der Waals surface area contributed by atoms with Gasteiger partial charge in [0.25, 0.3) is 0 Å². The Bertz CT molecular complexity index is 1500. The summed E-state index contributed by atoms with van der Waals surface area (Å²) >= 11 is 0. The Morgan fingerprint density at radius 3 is 2.62 bits per heavy atom. The zero-order chi connectivity index (χ0) is 29.0. The number of rotatable bonds is 7. The third-order valence-electron chi connectivity index (χ3n) is 6.16. The van der Waals surface area contributed by atoms with Crippen LogP contribution in [0.3, 0.4) is 0 Å². The molecular weight excluding hydrogens is 504 g/mol. The fourth-order valence-electron chi connectivity index (χ4n) is 4.35. The van der Waals surface area contributed by atoms with Gasteiger partial charge in [-0.2, -0.15) is 9.61 Å². The van der Waals surface area contributed by atoms with Gasteiger partial charge < -0.3 is 10.1 Å². The van der Waals surface area contributed by atoms with Crippen LogP contribution in [0.15, 0.2) is 59.2 Å². The van der Waals surface area contributed by atoms with Gasteiger partial charge in [0.2, 0.25) is 5.91 Å². The standard InChI is InChI=1S/C31H38N6O3/c1-20(2)15-27(38)34-24-10-8-9-22(16-24)19-36(30(39)40-31(5,6)7)28-17-26(23-11-13-32-14-12-23)35-29-25(21(3)4)18-33-37(28)29/h8-11,14-18,21H,12-13,19H2,1-7H3,(H,34,38). The SMILES string of the molecule is CC(C)=CC(=O)Nc1cccc(CN(C(=O)OC(C)(C)C)c2cc(C3=CCN=CC3)nc3c(C(C)C)cnn23)c1. The highest BCUT2D eigenvalue weighted by molar-refractivity contribution is 5.99. The highest BCUT2D eigenvalue weighted by atomic mass is 16.6. The van der Waals surface area contributed by atoms with Crippen LogP contribution in [0.1, 0.15) is 77.6 Å². The molecule has 0 fully saturated rings. The Kier molecular flexibility index (Phi) is 8.52. The van der Waals surface area contributed by atoms with Crippen molar-refractivity contribution in [3.05, 3.63) is 71.1 Å². The first-order chi connectivity index (χ1) is 18.9. The zero-order valence-electron chi connectivity index (χ0n) is 24.4. The first-order valence-corrected chi connectivity index (χ1v) is 13.5. The van der Waals surface area contributed by atoms with Gasteiger partial charge in [-0.1, -0.05) is 37.6 Å². The number of carbonyl (C=O) groups excluding carboxylic acids is 2. The van der Waals surface area contributed by atoms with E-state index in [0.29, 0.717) is 30.1 Å². The number of nitrogens with zero attached hydrogens (tertiary/aromatic N) is 5. The van der Waals surface area contributed by atoms with E-state index in [1.54, 1.807) is 15.5 Å². The first-order valence-electron chi connectivity index (χ1n) is 13.5. The van der Waals surface area contributed by atoms with E-state index in [1.165, 1.54) is 0 Å². The van der Waals surface area contributed by atoms with Crippen molar-refractivity contribution >= 4 is 40.9 Å². The number of aliphatic imine (C=N–C) groups is 1. The van der Waals surface area contributed by atoms with Crippen LogP contribution in [0.2, 0.25) is 0 Å². The zero-order valence-corrected chi connectivity index (χ0v) is 24.4. The number of anilines is 2. The predicted octanol–water partition coefficient (Wildman–Crippen LogP) is 6.56. The summed E-state index contributed by atoms with van der Waals surface area (Å²) in [7, 11) is 0. The molecule has 0 saturated heterocycles. The van der Waals surface area contributed by atoms with Gasteiger partial charge in [0.15, 0.2) is 5.65 Å². The van der Waals surface area contributed by atoms with E-state index in [-0.39, 0.29) is 18.4 Å². The summed E-state index contributed by atoms with van der Waals surface area (Å²) in [6.45, 7) is 14.2. The van der Waals surface area contributed by atoms with Gasteiger partial charge >= 0.3 is 6.09 Å². The van der Waals surface area contributed by atoms with Crippen LogP contribution in [0.4, 0.5) is 16.3 Å². The molecule has 3 aromatic rings. The molecule has 9 nitrogen and oxygen atoms in total. The maximum absolute atomic E-state index is 13.7. The first kappa shape index (κ1) is 28.7. The van der Waals surface area contributed by atoms with E-state index in [1.807, 2.05) is 77.4 Å². The summed E-state index contributed by atoms with van der Waals surface area (Å²) in [5.74, 6) is 0.526. The summed E-state index contributed by atoms with van der Waals surface area (Å²) in [4.78, 5) is 36.9. The molecule has 2 aromatic heterocycles. The smallest absolute Gasteiger partial charge is 0.416 e. The molecule has 210 valence electrons. The lowest BCUT2D eigenvalue weighted by Gasteiger charge is -2.28. The normalized spacial score (nSPS) is 13.2. The summed E-state index contributed by atoms with van der Waals surface area (Å²) in [6, 6.07) is 9.33. The monoisotopic (exact) mass is 542 g/mol. The molecule has 1 aromatic carbocycles. The number of nitrogens with one attached hydrogen (secondary N) is 1. The lowest BCUT2D eigenvalue weighted by molar-refractivity contribution is -0.111. The number of ether oxygens (including phenoxy) is 1. The Labute approximate surface area is 235 Å². The van der Waals surface area contributed by atoms with Gasteiger partial charge in [-0.05, 0) is 63.8 Å². The van der Waals surface area contributed by atoms with Crippen molar-refractivity contribution in [3.8, 4) is 0 Å². The summed E-state index contributed by atoms with van der Waals surface area (Å²) in [6.07, 6.45) is 7.46. The van der Waals surface area contributed by atoms with E-state index >= 15 is 0 Å². The van der Waals surface area contributed by atoms with Gasteiger partial charge in [0.05, 0.1) is 25.0 Å². The van der Waals surface area contributed by atoms with Crippen LogP contribution < -0.4 is 10.2 Å². The predicted molar refractivity (Wildman–Crippen MR) is 160 cm³/mol. The molecule has 0 spiro atoms. The molecule has 4 rings (SSSR count). The molecule has 1 aliphatic rings. The van der Waals surface area contributed by atoms with E-state index in [2.05, 4.69) is 35.3 Å². The summed E-state index contributed by atoms with van der Waals surface area (Å²) in [5, 5.41) is 7.54. The van der Waals surface area contributed by atoms with Crippen LogP contribution in [0.25, 0.3) is 11.2 Å². The number of carbonyl (C=O) groups is 2. The minimum absolute atomic E-state index is 0.186. The molecule has 0 unspecified atom stereocenters. The Hall–Kier alpha value is -4.27. The van der Waals surface area contributed by atoms with Crippen molar-refractivity contribution in [2.45, 2.75) is 73.0 Å². The number of allylic oxidation sites excluding steroid dienone is 2. The van der Waals surface area contributed by atoms with Crippen LogP contribution >= 0.6 is 0 Å². The minimum Gasteiger partial charge on any atom is -0.443 e. The average molecular weight is 543 g/mol. The Morgan fingerprint density at radius 2 is 1.98 bits per heavy atom. The van der Waals surface area contributed by atoms with E-state index in [4.69, 9.17) is 9.72 Å². The van der Waals surface area contributed by atoms with Gasteiger partial charge in [-0.15, -0.1) is 0 Å². The minimum atomic E-state index is -0.708. The highest BCUT2D eigenvalue weighted by Crippen LogP contribution is 2.30. The average Bonchev–Trinajstić information content (AvgIpc) is 3.30. The van der Waals surface area contributed by atoms with E-state index < -0.39 is 11.7 Å². The number of aromatic nitrogens is 3. The molecule has 2 amide bonds. The molecule has 0 atom stereocenters. The van der Waals surface area contributed by atoms with Crippen LogP contribution in [0.5, 0.6) is 0 Å². The molecule has 1 N–H and O–H groups in total. The van der Waals surface area contributed by atoms with Gasteiger partial charge in [-0.25, -0.2) is 9.78 Å². The fraction of sp³-hybridized carbons (Fsp3) is 0.387. The lowest BCUT2D eigenvalue weighted by Crippen LogP contribution is -2.37. The molecule has 9 heteroatoms.